The normalized spacial score (nSPS) is 19.6. The number of sulfonamides is 1. The van der Waals surface area contributed by atoms with Crippen LogP contribution in [-0.2, 0) is 10.0 Å². The molecule has 1 atom stereocenters. The van der Waals surface area contributed by atoms with E-state index in [-0.39, 0.29) is 18.0 Å². The van der Waals surface area contributed by atoms with E-state index in [1.807, 2.05) is 10.9 Å². The van der Waals surface area contributed by atoms with Gasteiger partial charge in [-0.25, -0.2) is 17.5 Å². The SMILES string of the molecule is CS(=O)(=O)N1CCC(n2cc(C#Cc3cc(NC(N)=O)c(C(=O)NC4CCCCNC4)s3)cn2)CC1. The lowest BCUT2D eigenvalue weighted by atomic mass is 10.1. The van der Waals surface area contributed by atoms with E-state index in [1.165, 1.54) is 21.9 Å². The first kappa shape index (κ1) is 26.2. The average molecular weight is 534 g/mol. The van der Waals surface area contributed by atoms with Crippen LogP contribution in [0.1, 0.15) is 58.3 Å². The zero-order valence-electron chi connectivity index (χ0n) is 20.1. The molecule has 4 heterocycles. The summed E-state index contributed by atoms with van der Waals surface area (Å²) in [5.41, 5.74) is 6.35. The van der Waals surface area contributed by atoms with Crippen LogP contribution >= 0.6 is 11.3 Å². The van der Waals surface area contributed by atoms with E-state index in [2.05, 4.69) is 32.9 Å². The fourth-order valence-electron chi connectivity index (χ4n) is 4.41. The first-order valence-electron chi connectivity index (χ1n) is 11.9. The number of nitrogens with one attached hydrogen (secondary N) is 3. The fourth-order valence-corrected chi connectivity index (χ4v) is 6.16. The number of nitrogens with two attached hydrogens (primary N) is 1. The summed E-state index contributed by atoms with van der Waals surface area (Å²) in [6.45, 7) is 2.59. The Balaban J connectivity index is 1.45. The fraction of sp³-hybridized carbons (Fsp3) is 0.522. The maximum atomic E-state index is 13.0. The summed E-state index contributed by atoms with van der Waals surface area (Å²) in [7, 11) is -3.17. The molecule has 5 N–H and O–H groups in total. The van der Waals surface area contributed by atoms with Crippen LogP contribution in [-0.4, -0.2) is 72.9 Å². The lowest BCUT2D eigenvalue weighted by molar-refractivity contribution is 0.0940. The van der Waals surface area contributed by atoms with Crippen LogP contribution < -0.4 is 21.7 Å². The summed E-state index contributed by atoms with van der Waals surface area (Å²) < 4.78 is 26.8. The number of nitrogens with zero attached hydrogens (tertiary/aromatic N) is 3. The standard InChI is InChI=1S/C23H31N7O4S2/c1-36(33,34)29-10-7-18(8-11-29)30-15-16(13-26-30)5-6-19-12-20(28-23(24)32)21(35-19)22(31)27-17-4-2-3-9-25-14-17/h12-13,15,17-18,25H,2-4,7-11,14H2,1H3,(H,27,31)(H3,24,28,32). The number of thiophene rings is 1. The molecule has 2 saturated heterocycles. The molecular formula is C23H31N7O4S2. The van der Waals surface area contributed by atoms with E-state index >= 15 is 0 Å². The molecule has 13 heteroatoms. The third-order valence-electron chi connectivity index (χ3n) is 6.28. The summed E-state index contributed by atoms with van der Waals surface area (Å²) in [4.78, 5) is 25.4. The lowest BCUT2D eigenvalue weighted by Crippen LogP contribution is -2.40. The molecule has 4 rings (SSSR count). The minimum absolute atomic E-state index is 0.0215. The Morgan fingerprint density at radius 3 is 2.72 bits per heavy atom. The third kappa shape index (κ3) is 6.85. The molecule has 0 saturated carbocycles. The van der Waals surface area contributed by atoms with Crippen LogP contribution in [0.15, 0.2) is 18.5 Å². The summed E-state index contributed by atoms with van der Waals surface area (Å²) in [5.74, 6) is 5.85. The van der Waals surface area contributed by atoms with Crippen LogP contribution in [0.3, 0.4) is 0 Å². The second-order valence-electron chi connectivity index (χ2n) is 9.07. The largest absolute Gasteiger partial charge is 0.351 e. The molecule has 36 heavy (non-hydrogen) atoms. The third-order valence-corrected chi connectivity index (χ3v) is 8.63. The van der Waals surface area contributed by atoms with E-state index in [1.54, 1.807) is 12.3 Å². The highest BCUT2D eigenvalue weighted by molar-refractivity contribution is 7.88. The Labute approximate surface area is 214 Å². The molecule has 2 aliphatic rings. The Hall–Kier alpha value is -2.92. The van der Waals surface area contributed by atoms with Crippen molar-refractivity contribution < 1.29 is 18.0 Å². The molecule has 2 aliphatic heterocycles. The molecule has 0 spiro atoms. The van der Waals surface area contributed by atoms with E-state index in [4.69, 9.17) is 5.73 Å². The van der Waals surface area contributed by atoms with E-state index in [9.17, 15) is 18.0 Å². The summed E-state index contributed by atoms with van der Waals surface area (Å²) >= 11 is 1.19. The van der Waals surface area contributed by atoms with Gasteiger partial charge in [-0.1, -0.05) is 18.3 Å². The van der Waals surface area contributed by atoms with E-state index in [0.717, 1.165) is 25.8 Å². The second-order valence-corrected chi connectivity index (χ2v) is 12.1. The van der Waals surface area contributed by atoms with Gasteiger partial charge in [-0.3, -0.25) is 9.48 Å². The number of hydrogen-bond donors (Lipinski definition) is 4. The molecule has 1 unspecified atom stereocenters. The van der Waals surface area contributed by atoms with Crippen LogP contribution in [0.2, 0.25) is 0 Å². The predicted octanol–water partition coefficient (Wildman–Crippen LogP) is 1.30. The number of anilines is 1. The van der Waals surface area contributed by atoms with Gasteiger partial charge in [0, 0.05) is 31.9 Å². The molecule has 11 nitrogen and oxygen atoms in total. The number of urea groups is 1. The highest BCUT2D eigenvalue weighted by Gasteiger charge is 2.26. The maximum Gasteiger partial charge on any atom is 0.316 e. The Kier molecular flexibility index (Phi) is 8.30. The molecule has 0 radical (unpaired) electrons. The molecular weight excluding hydrogens is 502 g/mol. The number of piperidine rings is 1. The van der Waals surface area contributed by atoms with Crippen molar-refractivity contribution in [1.29, 1.82) is 0 Å². The van der Waals surface area contributed by atoms with Crippen molar-refractivity contribution in [3.8, 4) is 11.8 Å². The first-order chi connectivity index (χ1) is 17.2. The Morgan fingerprint density at radius 2 is 2.00 bits per heavy atom. The average Bonchev–Trinajstić information content (AvgIpc) is 3.37. The summed E-state index contributed by atoms with van der Waals surface area (Å²) in [6, 6.07) is 1.03. The van der Waals surface area contributed by atoms with Crippen molar-refractivity contribution in [3.05, 3.63) is 33.8 Å². The molecule has 2 fully saturated rings. The van der Waals surface area contributed by atoms with Crippen LogP contribution in [0, 0.1) is 11.8 Å². The number of rotatable bonds is 5. The summed E-state index contributed by atoms with van der Waals surface area (Å²) in [5, 5.41) is 13.3. The van der Waals surface area contributed by atoms with Crippen molar-refractivity contribution >= 4 is 39.0 Å². The number of hydrogen-bond acceptors (Lipinski definition) is 7. The quantitative estimate of drug-likeness (QED) is 0.425. The molecule has 2 aromatic heterocycles. The van der Waals surface area contributed by atoms with Crippen molar-refractivity contribution in [3.63, 3.8) is 0 Å². The zero-order valence-corrected chi connectivity index (χ0v) is 21.8. The molecule has 2 aromatic rings. The topological polar surface area (TPSA) is 151 Å². The molecule has 0 bridgehead atoms. The van der Waals surface area contributed by atoms with Crippen molar-refractivity contribution in [2.24, 2.45) is 5.73 Å². The van der Waals surface area contributed by atoms with Crippen LogP contribution in [0.25, 0.3) is 0 Å². The van der Waals surface area contributed by atoms with Crippen molar-refractivity contribution in [2.45, 2.75) is 44.2 Å². The van der Waals surface area contributed by atoms with Gasteiger partial charge in [0.2, 0.25) is 10.0 Å². The Bertz CT molecular complexity index is 1260. The monoisotopic (exact) mass is 533 g/mol. The maximum absolute atomic E-state index is 13.0. The predicted molar refractivity (Wildman–Crippen MR) is 138 cm³/mol. The molecule has 0 aromatic carbocycles. The summed E-state index contributed by atoms with van der Waals surface area (Å²) in [6.07, 6.45) is 9.12. The second kappa shape index (κ2) is 11.4. The van der Waals surface area contributed by atoms with Gasteiger partial charge in [-0.2, -0.15) is 5.10 Å². The van der Waals surface area contributed by atoms with Gasteiger partial charge in [0.25, 0.3) is 5.91 Å². The van der Waals surface area contributed by atoms with Crippen LogP contribution in [0.5, 0.6) is 0 Å². The zero-order chi connectivity index (χ0) is 25.7. The van der Waals surface area contributed by atoms with E-state index < -0.39 is 16.1 Å². The van der Waals surface area contributed by atoms with Crippen molar-refractivity contribution in [2.75, 3.05) is 37.8 Å². The number of carbonyl (C=O) groups is 2. The van der Waals surface area contributed by atoms with Gasteiger partial charge >= 0.3 is 6.03 Å². The van der Waals surface area contributed by atoms with Gasteiger partial charge < -0.3 is 21.7 Å². The minimum atomic E-state index is -3.17. The highest BCUT2D eigenvalue weighted by Crippen LogP contribution is 2.27. The van der Waals surface area contributed by atoms with Gasteiger partial charge in [-0.05, 0) is 38.3 Å². The molecule has 194 valence electrons. The lowest BCUT2D eigenvalue weighted by Gasteiger charge is -2.30. The van der Waals surface area contributed by atoms with Gasteiger partial charge in [-0.15, -0.1) is 11.3 Å². The van der Waals surface area contributed by atoms with Crippen molar-refractivity contribution in [1.82, 2.24) is 24.7 Å². The van der Waals surface area contributed by atoms with E-state index in [0.29, 0.717) is 53.5 Å². The van der Waals surface area contributed by atoms with Crippen LogP contribution in [0.4, 0.5) is 10.5 Å². The number of carbonyl (C=O) groups excluding carboxylic acids is 2. The number of aromatic nitrogens is 2. The number of amides is 3. The first-order valence-corrected chi connectivity index (χ1v) is 14.6. The molecule has 3 amide bonds. The van der Waals surface area contributed by atoms with Gasteiger partial charge in [0.1, 0.15) is 4.88 Å². The number of primary amides is 1. The highest BCUT2D eigenvalue weighted by atomic mass is 32.2. The van der Waals surface area contributed by atoms with Gasteiger partial charge in [0.15, 0.2) is 0 Å². The molecule has 0 aliphatic carbocycles. The minimum Gasteiger partial charge on any atom is -0.351 e. The Morgan fingerprint density at radius 1 is 1.22 bits per heavy atom. The smallest absolute Gasteiger partial charge is 0.316 e. The van der Waals surface area contributed by atoms with Gasteiger partial charge in [0.05, 0.1) is 34.6 Å².